The molecule has 168 valence electrons. The zero-order valence-corrected chi connectivity index (χ0v) is 19.8. The third-order valence-corrected chi connectivity index (χ3v) is 5.87. The number of piperazine rings is 1. The van der Waals surface area contributed by atoms with Gasteiger partial charge in [0.05, 0.1) is 47.1 Å². The molecule has 0 radical (unpaired) electrons. The molecular formula is C20H21Cl2N7O2S. The van der Waals surface area contributed by atoms with E-state index in [4.69, 9.17) is 33.2 Å². The molecule has 32 heavy (non-hydrogen) atoms. The third kappa shape index (κ3) is 5.61. The fourth-order valence-electron chi connectivity index (χ4n) is 3.17. The molecule has 1 fully saturated rings. The van der Waals surface area contributed by atoms with E-state index in [9.17, 15) is 4.79 Å². The van der Waals surface area contributed by atoms with E-state index in [1.54, 1.807) is 18.2 Å². The number of thioether (sulfide) groups is 1. The van der Waals surface area contributed by atoms with Gasteiger partial charge in [-0.15, -0.1) is 0 Å². The van der Waals surface area contributed by atoms with E-state index in [1.165, 1.54) is 25.1 Å². The van der Waals surface area contributed by atoms with E-state index in [0.717, 1.165) is 0 Å². The van der Waals surface area contributed by atoms with Crippen molar-refractivity contribution < 1.29 is 9.53 Å². The molecule has 0 saturated carbocycles. The first-order valence-electron chi connectivity index (χ1n) is 9.61. The second-order valence-electron chi connectivity index (χ2n) is 6.71. The lowest BCUT2D eigenvalue weighted by Gasteiger charge is -2.34. The minimum absolute atomic E-state index is 0.0205. The molecule has 1 aromatic heterocycles. The quantitative estimate of drug-likeness (QED) is 0.196. The number of benzene rings is 1. The zero-order chi connectivity index (χ0) is 23.1. The summed E-state index contributed by atoms with van der Waals surface area (Å²) >= 11 is 13.7. The first-order valence-corrected chi connectivity index (χ1v) is 11.6. The van der Waals surface area contributed by atoms with Crippen molar-refractivity contribution in [3.8, 4) is 6.07 Å². The number of anilines is 2. The summed E-state index contributed by atoms with van der Waals surface area (Å²) in [6, 6.07) is 7.26. The smallest absolute Gasteiger partial charge is 0.357 e. The molecule has 9 nitrogen and oxygen atoms in total. The van der Waals surface area contributed by atoms with Crippen LogP contribution in [0.3, 0.4) is 0 Å². The summed E-state index contributed by atoms with van der Waals surface area (Å²) in [6.07, 6.45) is 3.63. The number of methoxy groups -OCH3 is 1. The molecule has 1 aromatic carbocycles. The minimum Gasteiger partial charge on any atom is -0.464 e. The first-order chi connectivity index (χ1) is 15.5. The molecule has 1 aliphatic heterocycles. The molecule has 1 atom stereocenters. The molecule has 2 N–H and O–H groups in total. The Kier molecular flexibility index (Phi) is 8.53. The number of aromatic nitrogens is 2. The number of carbonyl (C=O) groups is 1. The lowest BCUT2D eigenvalue weighted by Crippen LogP contribution is -2.51. The highest BCUT2D eigenvalue weighted by Gasteiger charge is 2.27. The van der Waals surface area contributed by atoms with Crippen LogP contribution >= 0.6 is 35.0 Å². The van der Waals surface area contributed by atoms with Gasteiger partial charge in [0.15, 0.2) is 10.9 Å². The van der Waals surface area contributed by atoms with Gasteiger partial charge in [-0.1, -0.05) is 41.0 Å². The van der Waals surface area contributed by atoms with E-state index in [2.05, 4.69) is 31.9 Å². The number of ether oxygens (including phenoxy) is 1. The summed E-state index contributed by atoms with van der Waals surface area (Å²) in [5, 5.41) is 17.9. The maximum Gasteiger partial charge on any atom is 0.357 e. The summed E-state index contributed by atoms with van der Waals surface area (Å²) in [5.74, 6) is -0.0742. The SMILES string of the molecule is COC(=O)c1nc(SC)nc(N2CCNC(CC#N)C2)c1/C=N/Nc1c(Cl)cccc1Cl. The van der Waals surface area contributed by atoms with Gasteiger partial charge in [-0.3, -0.25) is 5.43 Å². The molecule has 0 bridgehead atoms. The fraction of sp³-hybridized carbons (Fsp3) is 0.350. The van der Waals surface area contributed by atoms with Crippen molar-refractivity contribution in [3.63, 3.8) is 0 Å². The van der Waals surface area contributed by atoms with Crippen molar-refractivity contribution in [3.05, 3.63) is 39.5 Å². The van der Waals surface area contributed by atoms with Gasteiger partial charge in [-0.05, 0) is 18.4 Å². The van der Waals surface area contributed by atoms with Crippen LogP contribution in [-0.4, -0.2) is 61.2 Å². The highest BCUT2D eigenvalue weighted by Crippen LogP contribution is 2.30. The molecule has 0 amide bonds. The minimum atomic E-state index is -0.607. The van der Waals surface area contributed by atoms with Crippen LogP contribution < -0.4 is 15.6 Å². The largest absolute Gasteiger partial charge is 0.464 e. The average Bonchev–Trinajstić information content (AvgIpc) is 2.80. The molecular weight excluding hydrogens is 473 g/mol. The highest BCUT2D eigenvalue weighted by atomic mass is 35.5. The van der Waals surface area contributed by atoms with E-state index in [-0.39, 0.29) is 11.7 Å². The van der Waals surface area contributed by atoms with Crippen LogP contribution in [0.1, 0.15) is 22.5 Å². The average molecular weight is 494 g/mol. The van der Waals surface area contributed by atoms with Gasteiger partial charge in [0.25, 0.3) is 0 Å². The lowest BCUT2D eigenvalue weighted by molar-refractivity contribution is 0.0592. The van der Waals surface area contributed by atoms with E-state index < -0.39 is 5.97 Å². The highest BCUT2D eigenvalue weighted by molar-refractivity contribution is 7.98. The predicted octanol–water partition coefficient (Wildman–Crippen LogP) is 3.43. The Hall–Kier alpha value is -2.58. The van der Waals surface area contributed by atoms with Crippen LogP contribution in [0.15, 0.2) is 28.5 Å². The fourth-order valence-corrected chi connectivity index (χ4v) is 4.01. The summed E-state index contributed by atoms with van der Waals surface area (Å²) in [7, 11) is 1.29. The number of halogens is 2. The number of hydrazone groups is 1. The van der Waals surface area contributed by atoms with Gasteiger partial charge in [-0.2, -0.15) is 10.4 Å². The molecule has 1 saturated heterocycles. The Morgan fingerprint density at radius 3 is 2.88 bits per heavy atom. The second-order valence-corrected chi connectivity index (χ2v) is 8.30. The Balaban J connectivity index is 2.03. The van der Waals surface area contributed by atoms with Crippen molar-refractivity contribution in [1.82, 2.24) is 15.3 Å². The standard InChI is InChI=1S/C20H21Cl2N7O2S/c1-31-19(30)16-13(10-25-28-17-14(21)4-3-5-15(17)22)18(27-20(26-16)32-2)29-9-8-24-12(11-29)6-7-23/h3-5,10,12,24,28H,6,8-9,11H2,1-2H3/b25-10+. The van der Waals surface area contributed by atoms with Gasteiger partial charge in [0.1, 0.15) is 5.82 Å². The van der Waals surface area contributed by atoms with E-state index in [0.29, 0.717) is 58.3 Å². The number of nitrogens with one attached hydrogen (secondary N) is 2. The van der Waals surface area contributed by atoms with Crippen molar-refractivity contribution >= 4 is 58.7 Å². The molecule has 0 aliphatic carbocycles. The topological polar surface area (TPSA) is 116 Å². The van der Waals surface area contributed by atoms with Crippen molar-refractivity contribution in [1.29, 1.82) is 5.26 Å². The number of esters is 1. The third-order valence-electron chi connectivity index (χ3n) is 4.69. The van der Waals surface area contributed by atoms with Crippen LogP contribution in [-0.2, 0) is 4.74 Å². The Morgan fingerprint density at radius 2 is 2.22 bits per heavy atom. The Labute approximate surface area is 200 Å². The van der Waals surface area contributed by atoms with Crippen LogP contribution in [0.5, 0.6) is 0 Å². The summed E-state index contributed by atoms with van der Waals surface area (Å²) in [5.41, 5.74) is 3.74. The van der Waals surface area contributed by atoms with Crippen LogP contribution in [0.4, 0.5) is 11.5 Å². The first kappa shape index (κ1) is 24.1. The van der Waals surface area contributed by atoms with Crippen LogP contribution in [0.25, 0.3) is 0 Å². The molecule has 2 aromatic rings. The normalized spacial score (nSPS) is 16.1. The van der Waals surface area contributed by atoms with Gasteiger partial charge in [0.2, 0.25) is 0 Å². The number of carbonyl (C=O) groups excluding carboxylic acids is 1. The predicted molar refractivity (Wildman–Crippen MR) is 127 cm³/mol. The zero-order valence-electron chi connectivity index (χ0n) is 17.4. The number of hydrogen-bond acceptors (Lipinski definition) is 10. The van der Waals surface area contributed by atoms with Crippen LogP contribution in [0.2, 0.25) is 10.0 Å². The van der Waals surface area contributed by atoms with Gasteiger partial charge in [-0.25, -0.2) is 14.8 Å². The second kappa shape index (κ2) is 11.3. The maximum absolute atomic E-state index is 12.5. The maximum atomic E-state index is 12.5. The molecule has 3 rings (SSSR count). The van der Waals surface area contributed by atoms with Crippen molar-refractivity contribution in [2.45, 2.75) is 17.6 Å². The molecule has 1 aliphatic rings. The van der Waals surface area contributed by atoms with Gasteiger partial charge >= 0.3 is 5.97 Å². The number of para-hydroxylation sites is 1. The summed E-state index contributed by atoms with van der Waals surface area (Å²) in [6.45, 7) is 1.85. The van der Waals surface area contributed by atoms with Gasteiger partial charge < -0.3 is 15.0 Å². The Bertz CT molecular complexity index is 1040. The Morgan fingerprint density at radius 1 is 1.47 bits per heavy atom. The van der Waals surface area contributed by atoms with E-state index in [1.807, 2.05) is 11.2 Å². The molecule has 0 spiro atoms. The summed E-state index contributed by atoms with van der Waals surface area (Å²) < 4.78 is 4.94. The number of nitrogens with zero attached hydrogens (tertiary/aromatic N) is 5. The molecule has 2 heterocycles. The van der Waals surface area contributed by atoms with E-state index >= 15 is 0 Å². The van der Waals surface area contributed by atoms with Crippen molar-refractivity contribution in [2.75, 3.05) is 43.3 Å². The summed E-state index contributed by atoms with van der Waals surface area (Å²) in [4.78, 5) is 23.5. The number of rotatable bonds is 7. The molecule has 1 unspecified atom stereocenters. The number of nitriles is 1. The van der Waals surface area contributed by atoms with Crippen LogP contribution in [0, 0.1) is 11.3 Å². The van der Waals surface area contributed by atoms with Gasteiger partial charge in [0, 0.05) is 25.7 Å². The number of hydrogen-bond donors (Lipinski definition) is 2. The molecule has 12 heteroatoms. The van der Waals surface area contributed by atoms with Crippen molar-refractivity contribution in [2.24, 2.45) is 5.10 Å². The lowest BCUT2D eigenvalue weighted by atomic mass is 10.1. The monoisotopic (exact) mass is 493 g/mol.